The van der Waals surface area contributed by atoms with Crippen molar-refractivity contribution < 1.29 is 17.9 Å². The Morgan fingerprint density at radius 2 is 2.00 bits per heavy atom. The van der Waals surface area contributed by atoms with Gasteiger partial charge in [-0.1, -0.05) is 0 Å². The molecule has 0 aliphatic rings. The Balaban J connectivity index is 2.42. The molecule has 1 aromatic heterocycles. The first-order valence-electron chi connectivity index (χ1n) is 4.19. The number of rotatable bonds is 1. The summed E-state index contributed by atoms with van der Waals surface area (Å²) in [5.41, 5.74) is 0. The smallest absolute Gasteiger partial charge is 0.406 e. The molecule has 0 saturated heterocycles. The van der Waals surface area contributed by atoms with Crippen LogP contribution in [0.1, 0.15) is 4.88 Å². The van der Waals surface area contributed by atoms with Gasteiger partial charge in [0, 0.05) is 4.88 Å². The fourth-order valence-corrected chi connectivity index (χ4v) is 2.17. The Bertz CT molecular complexity index is 487. The van der Waals surface area contributed by atoms with Crippen molar-refractivity contribution in [3.05, 3.63) is 28.5 Å². The average molecular weight is 232 g/mol. The molecule has 0 atom stereocenters. The lowest BCUT2D eigenvalue weighted by molar-refractivity contribution is -0.274. The lowest BCUT2D eigenvalue weighted by atomic mass is 10.2. The summed E-state index contributed by atoms with van der Waals surface area (Å²) in [6.07, 6.45) is -4.63. The molecule has 2 aromatic rings. The maximum atomic E-state index is 11.9. The largest absolute Gasteiger partial charge is 0.573 e. The van der Waals surface area contributed by atoms with E-state index in [0.717, 1.165) is 15.6 Å². The molecular formula is C10H7F3OS. The molecule has 0 aliphatic carbocycles. The normalized spacial score (nSPS) is 12.0. The lowest BCUT2D eigenvalue weighted by Crippen LogP contribution is -2.16. The molecule has 80 valence electrons. The van der Waals surface area contributed by atoms with E-state index in [-0.39, 0.29) is 5.75 Å². The van der Waals surface area contributed by atoms with E-state index in [4.69, 9.17) is 0 Å². The van der Waals surface area contributed by atoms with E-state index in [1.54, 1.807) is 6.07 Å². The van der Waals surface area contributed by atoms with Crippen molar-refractivity contribution in [1.82, 2.24) is 0 Å². The van der Waals surface area contributed by atoms with Gasteiger partial charge in [0.1, 0.15) is 5.75 Å². The molecule has 0 bridgehead atoms. The van der Waals surface area contributed by atoms with Crippen molar-refractivity contribution in [2.45, 2.75) is 13.3 Å². The topological polar surface area (TPSA) is 9.23 Å². The van der Waals surface area contributed by atoms with Gasteiger partial charge in [-0.2, -0.15) is 0 Å². The van der Waals surface area contributed by atoms with Crippen LogP contribution in [-0.4, -0.2) is 6.36 Å². The third-order valence-electron chi connectivity index (χ3n) is 2.00. The van der Waals surface area contributed by atoms with Crippen molar-refractivity contribution in [3.8, 4) is 5.75 Å². The van der Waals surface area contributed by atoms with Gasteiger partial charge in [-0.3, -0.25) is 0 Å². The van der Waals surface area contributed by atoms with Crippen molar-refractivity contribution in [3.63, 3.8) is 0 Å². The zero-order valence-electron chi connectivity index (χ0n) is 7.76. The molecule has 0 spiro atoms. The molecule has 0 saturated carbocycles. The van der Waals surface area contributed by atoms with Gasteiger partial charge < -0.3 is 4.74 Å². The summed E-state index contributed by atoms with van der Waals surface area (Å²) in [6, 6.07) is 4.36. The van der Waals surface area contributed by atoms with Crippen molar-refractivity contribution in [1.29, 1.82) is 0 Å². The van der Waals surface area contributed by atoms with Crippen LogP contribution in [0.15, 0.2) is 23.6 Å². The number of hydrogen-bond donors (Lipinski definition) is 0. The van der Waals surface area contributed by atoms with Gasteiger partial charge >= 0.3 is 6.36 Å². The van der Waals surface area contributed by atoms with Crippen molar-refractivity contribution in [2.75, 3.05) is 0 Å². The summed E-state index contributed by atoms with van der Waals surface area (Å²) in [7, 11) is 0. The summed E-state index contributed by atoms with van der Waals surface area (Å²) < 4.78 is 39.7. The highest BCUT2D eigenvalue weighted by Crippen LogP contribution is 2.30. The Hall–Kier alpha value is -1.23. The molecule has 0 fully saturated rings. The second-order valence-corrected chi connectivity index (χ2v) is 4.17. The minimum absolute atomic E-state index is 0.170. The molecule has 1 heterocycles. The minimum atomic E-state index is -4.63. The molecular weight excluding hydrogens is 225 g/mol. The van der Waals surface area contributed by atoms with E-state index >= 15 is 0 Å². The molecule has 0 amide bonds. The van der Waals surface area contributed by atoms with E-state index in [1.165, 1.54) is 23.5 Å². The van der Waals surface area contributed by atoms with Crippen LogP contribution in [-0.2, 0) is 0 Å². The van der Waals surface area contributed by atoms with Crippen LogP contribution in [0.4, 0.5) is 13.2 Å². The van der Waals surface area contributed by atoms with Crippen LogP contribution < -0.4 is 4.74 Å². The average Bonchev–Trinajstić information content (AvgIpc) is 2.45. The first-order chi connectivity index (χ1) is 6.96. The first kappa shape index (κ1) is 10.3. The lowest BCUT2D eigenvalue weighted by Gasteiger charge is -2.08. The maximum Gasteiger partial charge on any atom is 0.573 e. The Labute approximate surface area is 88.1 Å². The number of ether oxygens (including phenoxy) is 1. The molecule has 15 heavy (non-hydrogen) atoms. The predicted molar refractivity (Wildman–Crippen MR) is 53.2 cm³/mol. The van der Waals surface area contributed by atoms with Gasteiger partial charge in [-0.25, -0.2) is 0 Å². The zero-order chi connectivity index (χ0) is 11.1. The third kappa shape index (κ3) is 2.23. The predicted octanol–water partition coefficient (Wildman–Crippen LogP) is 4.11. The highest BCUT2D eigenvalue weighted by atomic mass is 32.1. The fraction of sp³-hybridized carbons (Fsp3) is 0.200. The number of hydrogen-bond acceptors (Lipinski definition) is 2. The standard InChI is InChI=1S/C10H7F3OS/c1-6-9-4-8(14-10(11,12)13)3-2-7(9)5-15-6/h2-5H,1H3. The van der Waals surface area contributed by atoms with Gasteiger partial charge in [0.25, 0.3) is 0 Å². The van der Waals surface area contributed by atoms with E-state index in [0.29, 0.717) is 0 Å². The highest BCUT2D eigenvalue weighted by molar-refractivity contribution is 7.11. The first-order valence-corrected chi connectivity index (χ1v) is 5.07. The van der Waals surface area contributed by atoms with Crippen LogP contribution in [0, 0.1) is 6.92 Å². The number of fused-ring (bicyclic) bond motifs is 1. The second-order valence-electron chi connectivity index (χ2n) is 3.09. The fourth-order valence-electron chi connectivity index (χ4n) is 1.36. The van der Waals surface area contributed by atoms with E-state index in [9.17, 15) is 13.2 Å². The van der Waals surface area contributed by atoms with Gasteiger partial charge in [0.2, 0.25) is 0 Å². The number of aryl methyl sites for hydroxylation is 1. The molecule has 0 aliphatic heterocycles. The molecule has 2 rings (SSSR count). The van der Waals surface area contributed by atoms with E-state index in [1.807, 2.05) is 12.3 Å². The highest BCUT2D eigenvalue weighted by Gasteiger charge is 2.31. The number of alkyl halides is 3. The molecule has 0 N–H and O–H groups in total. The summed E-state index contributed by atoms with van der Waals surface area (Å²) in [6.45, 7) is 1.87. The summed E-state index contributed by atoms with van der Waals surface area (Å²) in [4.78, 5) is 0.984. The van der Waals surface area contributed by atoms with Gasteiger partial charge in [0.05, 0.1) is 0 Å². The van der Waals surface area contributed by atoms with Gasteiger partial charge in [-0.15, -0.1) is 24.5 Å². The van der Waals surface area contributed by atoms with Gasteiger partial charge in [0.15, 0.2) is 0 Å². The second kappa shape index (κ2) is 3.41. The molecule has 0 unspecified atom stereocenters. The molecule has 1 aromatic carbocycles. The van der Waals surface area contributed by atoms with Crippen LogP contribution >= 0.6 is 11.3 Å². The number of halogens is 3. The Morgan fingerprint density at radius 1 is 1.27 bits per heavy atom. The zero-order valence-corrected chi connectivity index (χ0v) is 8.58. The van der Waals surface area contributed by atoms with Crippen molar-refractivity contribution >= 4 is 22.1 Å². The van der Waals surface area contributed by atoms with Crippen LogP contribution in [0.5, 0.6) is 5.75 Å². The minimum Gasteiger partial charge on any atom is -0.406 e. The third-order valence-corrected chi connectivity index (χ3v) is 2.95. The number of thiophene rings is 1. The quantitative estimate of drug-likeness (QED) is 0.719. The molecule has 0 radical (unpaired) electrons. The number of benzene rings is 1. The van der Waals surface area contributed by atoms with Crippen LogP contribution in [0.3, 0.4) is 0 Å². The monoisotopic (exact) mass is 232 g/mol. The summed E-state index contributed by atoms with van der Waals surface area (Å²) in [5.74, 6) is -0.170. The maximum absolute atomic E-state index is 11.9. The van der Waals surface area contributed by atoms with Crippen molar-refractivity contribution in [2.24, 2.45) is 0 Å². The van der Waals surface area contributed by atoms with Gasteiger partial charge in [-0.05, 0) is 41.3 Å². The van der Waals surface area contributed by atoms with Crippen LogP contribution in [0.25, 0.3) is 10.8 Å². The summed E-state index contributed by atoms with van der Waals surface area (Å²) in [5, 5.41) is 3.65. The van der Waals surface area contributed by atoms with E-state index in [2.05, 4.69) is 4.74 Å². The van der Waals surface area contributed by atoms with E-state index < -0.39 is 6.36 Å². The Kier molecular flexibility index (Phi) is 2.34. The van der Waals surface area contributed by atoms with Crippen LogP contribution in [0.2, 0.25) is 0 Å². The molecule has 1 nitrogen and oxygen atoms in total. The SMILES string of the molecule is Cc1scc2ccc(OC(F)(F)F)cc12. The summed E-state index contributed by atoms with van der Waals surface area (Å²) >= 11 is 1.51. The Morgan fingerprint density at radius 3 is 2.67 bits per heavy atom. The molecule has 5 heteroatoms.